The lowest BCUT2D eigenvalue weighted by Gasteiger charge is -2.57. The van der Waals surface area contributed by atoms with E-state index >= 15 is 0 Å². The molecule has 2 saturated heterocycles. The average Bonchev–Trinajstić information content (AvgIpc) is 3.14. The predicted octanol–water partition coefficient (Wildman–Crippen LogP) is 1.39. The molecule has 6 fully saturated rings. The van der Waals surface area contributed by atoms with Crippen molar-refractivity contribution in [1.29, 1.82) is 0 Å². The number of ether oxygens (including phenoxy) is 1. The fraction of sp³-hybridized carbons (Fsp3) is 0.905. The summed E-state index contributed by atoms with van der Waals surface area (Å²) in [7, 11) is 0. The van der Waals surface area contributed by atoms with Crippen molar-refractivity contribution in [3.8, 4) is 0 Å². The molecule has 4 saturated carbocycles. The molecule has 6 rings (SSSR count). The number of nitrogens with one attached hydrogen (secondary N) is 1. The topological polar surface area (TPSA) is 61.9 Å². The molecule has 0 aromatic heterocycles. The van der Waals surface area contributed by atoms with Gasteiger partial charge in [-0.15, -0.1) is 0 Å². The third kappa shape index (κ3) is 3.63. The monoisotopic (exact) mass is 375 g/mol. The van der Waals surface area contributed by atoms with Crippen LogP contribution in [0.5, 0.6) is 0 Å². The van der Waals surface area contributed by atoms with Gasteiger partial charge in [-0.25, -0.2) is 0 Å². The number of carbonyl (C=O) groups is 2. The minimum absolute atomic E-state index is 0.101. The van der Waals surface area contributed by atoms with E-state index in [9.17, 15) is 9.59 Å². The van der Waals surface area contributed by atoms with Crippen LogP contribution in [0.1, 0.15) is 51.4 Å². The van der Waals surface area contributed by atoms with Crippen LogP contribution in [-0.4, -0.2) is 72.6 Å². The lowest BCUT2D eigenvalue weighted by Crippen LogP contribution is -2.61. The van der Waals surface area contributed by atoms with E-state index in [0.29, 0.717) is 26.2 Å². The van der Waals surface area contributed by atoms with Crippen molar-refractivity contribution in [2.45, 2.75) is 63.0 Å². The molecule has 0 aromatic carbocycles. The normalized spacial score (nSPS) is 41.1. The molecule has 2 amide bonds. The number of hydrogen-bond acceptors (Lipinski definition) is 4. The summed E-state index contributed by atoms with van der Waals surface area (Å²) in [5, 5.41) is 3.47. The van der Waals surface area contributed by atoms with Crippen LogP contribution in [-0.2, 0) is 14.3 Å². The first-order valence-electron chi connectivity index (χ1n) is 11.0. The van der Waals surface area contributed by atoms with Gasteiger partial charge in [0.1, 0.15) is 6.10 Å². The summed E-state index contributed by atoms with van der Waals surface area (Å²) in [6.07, 6.45) is 9.42. The molecule has 4 aliphatic carbocycles. The van der Waals surface area contributed by atoms with Crippen molar-refractivity contribution >= 4 is 11.8 Å². The molecule has 0 spiro atoms. The van der Waals surface area contributed by atoms with Crippen LogP contribution in [0.4, 0.5) is 0 Å². The molecule has 6 heteroatoms. The van der Waals surface area contributed by atoms with E-state index in [0.717, 1.165) is 43.7 Å². The maximum absolute atomic E-state index is 12.8. The molecule has 6 aliphatic rings. The highest BCUT2D eigenvalue weighted by atomic mass is 16.5. The maximum atomic E-state index is 12.8. The van der Waals surface area contributed by atoms with E-state index in [1.807, 2.05) is 4.90 Å². The Morgan fingerprint density at radius 3 is 2.15 bits per heavy atom. The third-order valence-corrected chi connectivity index (χ3v) is 7.70. The first-order chi connectivity index (χ1) is 13.1. The van der Waals surface area contributed by atoms with Crippen LogP contribution < -0.4 is 5.32 Å². The highest BCUT2D eigenvalue weighted by molar-refractivity contribution is 5.81. The van der Waals surface area contributed by atoms with E-state index in [1.165, 1.54) is 38.5 Å². The minimum atomic E-state index is -0.226. The highest BCUT2D eigenvalue weighted by Crippen LogP contribution is 2.55. The van der Waals surface area contributed by atoms with Crippen molar-refractivity contribution in [2.75, 3.05) is 39.3 Å². The number of amides is 2. The van der Waals surface area contributed by atoms with Crippen LogP contribution in [0.15, 0.2) is 0 Å². The average molecular weight is 376 g/mol. The van der Waals surface area contributed by atoms with Crippen LogP contribution >= 0.6 is 0 Å². The predicted molar refractivity (Wildman–Crippen MR) is 101 cm³/mol. The molecule has 27 heavy (non-hydrogen) atoms. The van der Waals surface area contributed by atoms with Crippen molar-refractivity contribution in [1.82, 2.24) is 15.1 Å². The van der Waals surface area contributed by atoms with Gasteiger partial charge >= 0.3 is 0 Å². The molecule has 0 radical (unpaired) electrons. The Bertz CT molecular complexity index is 558. The summed E-state index contributed by atoms with van der Waals surface area (Å²) in [5.74, 6) is 2.89. The van der Waals surface area contributed by atoms with E-state index in [1.54, 1.807) is 0 Å². The molecule has 0 aromatic rings. The number of carbonyl (C=O) groups excluding carboxylic acids is 2. The van der Waals surface area contributed by atoms with Crippen LogP contribution in [0, 0.1) is 17.8 Å². The lowest BCUT2D eigenvalue weighted by molar-refractivity contribution is -0.142. The first kappa shape index (κ1) is 17.9. The van der Waals surface area contributed by atoms with Gasteiger partial charge in [0.05, 0.1) is 6.54 Å². The van der Waals surface area contributed by atoms with E-state index in [2.05, 4.69) is 10.2 Å². The fourth-order valence-corrected chi connectivity index (χ4v) is 6.90. The van der Waals surface area contributed by atoms with Crippen molar-refractivity contribution in [2.24, 2.45) is 17.8 Å². The van der Waals surface area contributed by atoms with Gasteiger partial charge in [0.2, 0.25) is 5.91 Å². The minimum Gasteiger partial charge on any atom is -0.368 e. The Morgan fingerprint density at radius 2 is 1.59 bits per heavy atom. The Hall–Kier alpha value is -1.14. The van der Waals surface area contributed by atoms with Gasteiger partial charge in [0.15, 0.2) is 0 Å². The Kier molecular flexibility index (Phi) is 4.67. The molecular weight excluding hydrogens is 342 g/mol. The number of rotatable bonds is 4. The standard InChI is InChI=1S/C21H33N3O3/c25-19(22-21-11-15-8-16(12-21)10-17(9-15)13-21)14-23-3-5-24(6-4-23)20(26)18-2-1-7-27-18/h15-18H,1-14H2,(H,22,25). The summed E-state index contributed by atoms with van der Waals surface area (Å²) >= 11 is 0. The van der Waals surface area contributed by atoms with Crippen molar-refractivity contribution in [3.05, 3.63) is 0 Å². The summed E-state index contributed by atoms with van der Waals surface area (Å²) < 4.78 is 5.52. The molecule has 1 atom stereocenters. The quantitative estimate of drug-likeness (QED) is 0.807. The summed E-state index contributed by atoms with van der Waals surface area (Å²) in [6.45, 7) is 4.18. The summed E-state index contributed by atoms with van der Waals surface area (Å²) in [5.41, 5.74) is 0.101. The van der Waals surface area contributed by atoms with E-state index in [4.69, 9.17) is 4.74 Å². The molecule has 1 unspecified atom stereocenters. The second-order valence-electron chi connectivity index (χ2n) is 9.85. The number of piperazine rings is 1. The van der Waals surface area contributed by atoms with Gasteiger partial charge in [0, 0.05) is 38.3 Å². The van der Waals surface area contributed by atoms with Gasteiger partial charge in [0.25, 0.3) is 5.91 Å². The van der Waals surface area contributed by atoms with E-state index < -0.39 is 0 Å². The van der Waals surface area contributed by atoms with Crippen LogP contribution in [0.3, 0.4) is 0 Å². The molecule has 6 nitrogen and oxygen atoms in total. The molecule has 150 valence electrons. The zero-order chi connectivity index (χ0) is 18.4. The first-order valence-corrected chi connectivity index (χ1v) is 11.0. The maximum Gasteiger partial charge on any atom is 0.251 e. The Balaban J connectivity index is 1.10. The van der Waals surface area contributed by atoms with Crippen LogP contribution in [0.2, 0.25) is 0 Å². The zero-order valence-corrected chi connectivity index (χ0v) is 16.3. The largest absolute Gasteiger partial charge is 0.368 e. The van der Waals surface area contributed by atoms with Gasteiger partial charge in [-0.05, 0) is 69.1 Å². The molecule has 2 heterocycles. The zero-order valence-electron chi connectivity index (χ0n) is 16.3. The fourth-order valence-electron chi connectivity index (χ4n) is 6.90. The SMILES string of the molecule is O=C(CN1CCN(C(=O)C2CCCO2)CC1)NC12CC3CC(CC(C3)C1)C2. The lowest BCUT2D eigenvalue weighted by atomic mass is 9.53. The van der Waals surface area contributed by atoms with Gasteiger partial charge in [-0.1, -0.05) is 0 Å². The molecule has 4 bridgehead atoms. The summed E-state index contributed by atoms with van der Waals surface area (Å²) in [4.78, 5) is 29.3. The molecule has 2 aliphatic heterocycles. The Labute approximate surface area is 162 Å². The van der Waals surface area contributed by atoms with Crippen molar-refractivity contribution < 1.29 is 14.3 Å². The van der Waals surface area contributed by atoms with Crippen LogP contribution in [0.25, 0.3) is 0 Å². The summed E-state index contributed by atoms with van der Waals surface area (Å²) in [6, 6.07) is 0. The van der Waals surface area contributed by atoms with Gasteiger partial charge < -0.3 is 15.0 Å². The van der Waals surface area contributed by atoms with Gasteiger partial charge in [-0.2, -0.15) is 0 Å². The van der Waals surface area contributed by atoms with Gasteiger partial charge in [-0.3, -0.25) is 14.5 Å². The second kappa shape index (κ2) is 7.03. The third-order valence-electron chi connectivity index (χ3n) is 7.70. The smallest absolute Gasteiger partial charge is 0.251 e. The number of hydrogen-bond donors (Lipinski definition) is 1. The molecule has 1 N–H and O–H groups in total. The highest BCUT2D eigenvalue weighted by Gasteiger charge is 2.51. The van der Waals surface area contributed by atoms with E-state index in [-0.39, 0.29) is 23.5 Å². The second-order valence-corrected chi connectivity index (χ2v) is 9.85. The molecular formula is C21H33N3O3. The Morgan fingerprint density at radius 1 is 0.963 bits per heavy atom. The number of nitrogens with zero attached hydrogens (tertiary/aromatic N) is 2. The van der Waals surface area contributed by atoms with Crippen molar-refractivity contribution in [3.63, 3.8) is 0 Å².